The minimum atomic E-state index is -3.31. The topological polar surface area (TPSA) is 285 Å². The van der Waals surface area contributed by atoms with Crippen LogP contribution < -0.4 is 5.32 Å². The lowest BCUT2D eigenvalue weighted by Crippen LogP contribution is -2.73. The summed E-state index contributed by atoms with van der Waals surface area (Å²) < 4.78 is 26.7. The Morgan fingerprint density at radius 3 is 2.30 bits per heavy atom. The number of phenolic OH excluding ortho intramolecular Hbond substituents is 2. The number of aliphatic hydroxyl groups excluding tert-OH is 3. The van der Waals surface area contributed by atoms with Gasteiger partial charge in [0.1, 0.15) is 35.0 Å². The summed E-state index contributed by atoms with van der Waals surface area (Å²) in [7, 11) is 3.26. The van der Waals surface area contributed by atoms with Crippen LogP contribution in [-0.2, 0) is 46.1 Å². The molecule has 0 aromatic heterocycles. The number of carbonyl (C=O) groups is 5. The first-order valence-electron chi connectivity index (χ1n) is 18.1. The number of rotatable bonds is 10. The molecule has 1 saturated heterocycles. The van der Waals surface area contributed by atoms with E-state index in [4.69, 9.17) is 23.7 Å². The molecule has 0 amide bonds. The molecule has 8 N–H and O–H groups in total. The summed E-state index contributed by atoms with van der Waals surface area (Å²) >= 11 is 0. The highest BCUT2D eigenvalue weighted by Crippen LogP contribution is 2.57. The van der Waals surface area contributed by atoms with Crippen LogP contribution in [0.1, 0.15) is 90.4 Å². The number of fused-ring (bicyclic) bond motifs is 5. The van der Waals surface area contributed by atoms with Gasteiger partial charge in [-0.25, -0.2) is 4.79 Å². The summed E-state index contributed by atoms with van der Waals surface area (Å²) in [6.07, 6.45) is -7.03. The number of nitrogens with one attached hydrogen (secondary N) is 1. The lowest BCUT2D eigenvalue weighted by molar-refractivity contribution is -0.216. The standard InChI is InChI=1S/C39H45NO17/c1-7-56-24(44)8-9-37(51)20-12-18-26(30(46)27(20)21(42)13-22(37)40-35-19(14-41)29(45)32(53-4)16(3)57-35)34(49)39(55-6)23(43)11-17-10-15(2)25(36(50)54-5)31(47)28(17)38(39,52)33(18)48/h10,12-13,16,19,23,29,32,35,40-41,43,45-47,51-52H,7-9,11,14H2,1-6H3/t16-,19+,23+,29-,32-,35-,37?,38-,39+/m0/s1. The predicted molar refractivity (Wildman–Crippen MR) is 191 cm³/mol. The molecule has 4 aliphatic rings. The Balaban J connectivity index is 1.59. The number of hydrogen-bond donors (Lipinski definition) is 8. The largest absolute Gasteiger partial charge is 0.507 e. The van der Waals surface area contributed by atoms with Gasteiger partial charge in [-0.05, 0) is 44.4 Å². The van der Waals surface area contributed by atoms with E-state index in [0.29, 0.717) is 0 Å². The summed E-state index contributed by atoms with van der Waals surface area (Å²) in [5.41, 5.74) is -13.1. The van der Waals surface area contributed by atoms with Gasteiger partial charge in [0.2, 0.25) is 11.6 Å². The van der Waals surface area contributed by atoms with E-state index in [1.165, 1.54) is 20.1 Å². The molecule has 0 radical (unpaired) electrons. The number of Topliss-reactive ketones (excluding diaryl/α,β-unsaturated/α-hetero) is 2. The molecule has 1 unspecified atom stereocenters. The molecule has 0 spiro atoms. The van der Waals surface area contributed by atoms with Gasteiger partial charge in [-0.1, -0.05) is 6.07 Å². The molecule has 1 fully saturated rings. The molecular weight excluding hydrogens is 754 g/mol. The van der Waals surface area contributed by atoms with Gasteiger partial charge >= 0.3 is 11.9 Å². The van der Waals surface area contributed by atoms with Crippen LogP contribution in [0.4, 0.5) is 0 Å². The maximum absolute atomic E-state index is 15.0. The van der Waals surface area contributed by atoms with Crippen molar-refractivity contribution in [1.29, 1.82) is 0 Å². The Morgan fingerprint density at radius 1 is 1.02 bits per heavy atom. The average molecular weight is 800 g/mol. The Kier molecular flexibility index (Phi) is 10.9. The summed E-state index contributed by atoms with van der Waals surface area (Å²) in [6.45, 7) is 3.87. The Labute approximate surface area is 325 Å². The van der Waals surface area contributed by atoms with E-state index in [9.17, 15) is 59.7 Å². The Morgan fingerprint density at radius 2 is 1.70 bits per heavy atom. The summed E-state index contributed by atoms with van der Waals surface area (Å²) in [5, 5.41) is 84.6. The maximum atomic E-state index is 15.0. The second-order valence-electron chi connectivity index (χ2n) is 14.6. The number of benzene rings is 2. The van der Waals surface area contributed by atoms with E-state index in [-0.39, 0.29) is 23.4 Å². The highest BCUT2D eigenvalue weighted by atomic mass is 16.6. The first kappa shape index (κ1) is 41.8. The van der Waals surface area contributed by atoms with Crippen molar-refractivity contribution in [3.8, 4) is 11.5 Å². The van der Waals surface area contributed by atoms with Crippen LogP contribution >= 0.6 is 0 Å². The van der Waals surface area contributed by atoms with Crippen LogP contribution in [0.15, 0.2) is 23.9 Å². The number of aryl methyl sites for hydroxylation is 1. The number of methoxy groups -OCH3 is 3. The van der Waals surface area contributed by atoms with Crippen LogP contribution in [0.5, 0.6) is 11.5 Å². The zero-order valence-corrected chi connectivity index (χ0v) is 31.9. The Hall–Kier alpha value is -4.79. The molecule has 1 heterocycles. The third-order valence-corrected chi connectivity index (χ3v) is 11.7. The van der Waals surface area contributed by atoms with Crippen molar-refractivity contribution in [2.24, 2.45) is 5.92 Å². The van der Waals surface area contributed by atoms with Crippen LogP contribution in [0.3, 0.4) is 0 Å². The highest BCUT2D eigenvalue weighted by Gasteiger charge is 2.73. The number of allylic oxidation sites excluding steroid dienone is 1. The molecular formula is C39H45NO17. The molecule has 308 valence electrons. The number of hydrogen-bond acceptors (Lipinski definition) is 18. The van der Waals surface area contributed by atoms with Crippen LogP contribution in [0.25, 0.3) is 0 Å². The maximum Gasteiger partial charge on any atom is 0.341 e. The van der Waals surface area contributed by atoms with Gasteiger partial charge in [0.25, 0.3) is 0 Å². The average Bonchev–Trinajstić information content (AvgIpc) is 3.15. The van der Waals surface area contributed by atoms with E-state index in [0.717, 1.165) is 26.4 Å². The predicted octanol–water partition coefficient (Wildman–Crippen LogP) is -0.308. The Bertz CT molecular complexity index is 2100. The van der Waals surface area contributed by atoms with Crippen molar-refractivity contribution in [3.05, 3.63) is 68.4 Å². The van der Waals surface area contributed by atoms with E-state index in [2.05, 4.69) is 5.32 Å². The second kappa shape index (κ2) is 14.9. The summed E-state index contributed by atoms with van der Waals surface area (Å²) in [6, 6.07) is 2.19. The van der Waals surface area contributed by atoms with Gasteiger partial charge in [0, 0.05) is 49.8 Å². The van der Waals surface area contributed by atoms with E-state index < -0.39 is 153 Å². The molecule has 2 aromatic rings. The third kappa shape index (κ3) is 5.80. The normalized spacial score (nSPS) is 31.7. The molecule has 57 heavy (non-hydrogen) atoms. The molecule has 18 nitrogen and oxygen atoms in total. The van der Waals surface area contributed by atoms with Crippen LogP contribution in [0, 0.1) is 12.8 Å². The van der Waals surface area contributed by atoms with E-state index >= 15 is 0 Å². The smallest absolute Gasteiger partial charge is 0.341 e. The van der Waals surface area contributed by atoms with Crippen molar-refractivity contribution >= 4 is 29.3 Å². The van der Waals surface area contributed by atoms with Gasteiger partial charge in [-0.15, -0.1) is 0 Å². The molecule has 9 atom stereocenters. The molecule has 0 saturated carbocycles. The number of phenols is 2. The number of carbonyl (C=O) groups excluding carboxylic acids is 5. The first-order chi connectivity index (χ1) is 26.8. The van der Waals surface area contributed by atoms with Crippen molar-refractivity contribution in [2.45, 2.75) is 87.5 Å². The van der Waals surface area contributed by atoms with Crippen molar-refractivity contribution in [1.82, 2.24) is 5.32 Å². The fourth-order valence-electron chi connectivity index (χ4n) is 8.93. The van der Waals surface area contributed by atoms with Gasteiger partial charge in [-0.3, -0.25) is 19.2 Å². The zero-order valence-electron chi connectivity index (χ0n) is 31.9. The monoisotopic (exact) mass is 799 g/mol. The first-order valence-corrected chi connectivity index (χ1v) is 18.1. The van der Waals surface area contributed by atoms with Gasteiger partial charge < -0.3 is 64.7 Å². The second-order valence-corrected chi connectivity index (χ2v) is 14.6. The number of ketones is 3. The molecule has 6 rings (SSSR count). The van der Waals surface area contributed by atoms with Gasteiger partial charge in [0.05, 0.1) is 61.4 Å². The molecule has 18 heteroatoms. The zero-order chi connectivity index (χ0) is 42.1. The van der Waals surface area contributed by atoms with Crippen molar-refractivity contribution in [2.75, 3.05) is 34.5 Å². The highest BCUT2D eigenvalue weighted by molar-refractivity contribution is 6.26. The summed E-state index contributed by atoms with van der Waals surface area (Å²) in [5.74, 6) is -8.89. The quantitative estimate of drug-likeness (QED) is 0.143. The lowest BCUT2D eigenvalue weighted by Gasteiger charge is -2.53. The molecule has 0 bridgehead atoms. The number of aromatic hydroxyl groups is 2. The minimum absolute atomic E-state index is 0.0278. The SMILES string of the molecule is CCOC(=O)CCC1(O)C(N[C@H]2O[C@@H](C)[C@H](OC)[C@@H](O)[C@H]2CO)=CC(=O)c2c1cc1c(c2O)C(=O)[C@]2(OC)[C@H](O)Cc3cc(C)c(C(=O)OC)c(O)c3[C@]2(O)C1=O. The van der Waals surface area contributed by atoms with Crippen LogP contribution in [-0.4, -0.2) is 136 Å². The fourth-order valence-corrected chi connectivity index (χ4v) is 8.93. The van der Waals surface area contributed by atoms with Crippen LogP contribution in [0.2, 0.25) is 0 Å². The lowest BCUT2D eigenvalue weighted by atomic mass is 9.56. The van der Waals surface area contributed by atoms with Gasteiger partial charge in [-0.2, -0.15) is 0 Å². The van der Waals surface area contributed by atoms with Gasteiger partial charge in [0.15, 0.2) is 17.0 Å². The molecule has 1 aliphatic heterocycles. The summed E-state index contributed by atoms with van der Waals surface area (Å²) in [4.78, 5) is 69.3. The number of ether oxygens (including phenoxy) is 5. The van der Waals surface area contributed by atoms with Crippen molar-refractivity contribution < 1.29 is 83.4 Å². The molecule has 2 aromatic carbocycles. The van der Waals surface area contributed by atoms with E-state index in [1.807, 2.05) is 0 Å². The van der Waals surface area contributed by atoms with Crippen molar-refractivity contribution in [3.63, 3.8) is 0 Å². The third-order valence-electron chi connectivity index (χ3n) is 11.7. The molecule has 3 aliphatic carbocycles. The number of esters is 2. The fraction of sp³-hybridized carbons (Fsp3) is 0.513. The minimum Gasteiger partial charge on any atom is -0.507 e. The number of aliphatic hydroxyl groups is 5. The van der Waals surface area contributed by atoms with E-state index in [1.54, 1.807) is 13.8 Å².